The lowest BCUT2D eigenvalue weighted by atomic mass is 10.2. The molecule has 0 heterocycles. The van der Waals surface area contributed by atoms with Crippen molar-refractivity contribution in [1.29, 1.82) is 0 Å². The van der Waals surface area contributed by atoms with E-state index in [1.165, 1.54) is 7.05 Å². The summed E-state index contributed by atoms with van der Waals surface area (Å²) in [5.41, 5.74) is 11.5. The molecule has 0 spiro atoms. The lowest BCUT2D eigenvalue weighted by Gasteiger charge is -2.17. The lowest BCUT2D eigenvalue weighted by molar-refractivity contribution is -0.192. The summed E-state index contributed by atoms with van der Waals surface area (Å²) in [6.45, 7) is 0.396. The van der Waals surface area contributed by atoms with Gasteiger partial charge in [-0.05, 0) is 5.56 Å². The first-order valence-corrected chi connectivity index (χ1v) is 6.71. The van der Waals surface area contributed by atoms with E-state index < -0.39 is 30.1 Å². The number of urea groups is 1. The van der Waals surface area contributed by atoms with E-state index in [2.05, 4.69) is 0 Å². The molecule has 0 bridgehead atoms. The van der Waals surface area contributed by atoms with E-state index in [1.807, 2.05) is 30.3 Å². The van der Waals surface area contributed by atoms with Crippen LogP contribution in [-0.2, 0) is 20.9 Å². The molecule has 11 heteroatoms. The van der Waals surface area contributed by atoms with E-state index in [1.54, 1.807) is 0 Å². The molecular weight excluding hydrogens is 347 g/mol. The van der Waals surface area contributed by atoms with Gasteiger partial charge >= 0.3 is 18.2 Å². The number of nitrogens with two attached hydrogens (primary N) is 2. The number of primary amides is 1. The van der Waals surface area contributed by atoms with Gasteiger partial charge in [-0.2, -0.15) is 13.2 Å². The van der Waals surface area contributed by atoms with Gasteiger partial charge in [0.05, 0.1) is 13.2 Å². The molecule has 0 aliphatic heterocycles. The number of amides is 3. The lowest BCUT2D eigenvalue weighted by Crippen LogP contribution is -2.48. The zero-order chi connectivity index (χ0) is 19.6. The number of rotatable bonds is 5. The predicted molar refractivity (Wildman–Crippen MR) is 80.1 cm³/mol. The highest BCUT2D eigenvalue weighted by Gasteiger charge is 2.38. The van der Waals surface area contributed by atoms with E-state index in [0.29, 0.717) is 6.61 Å². The average molecular weight is 365 g/mol. The van der Waals surface area contributed by atoms with E-state index in [9.17, 15) is 22.8 Å². The summed E-state index contributed by atoms with van der Waals surface area (Å²) in [5, 5.41) is 7.12. The third-order valence-electron chi connectivity index (χ3n) is 2.63. The molecule has 25 heavy (non-hydrogen) atoms. The van der Waals surface area contributed by atoms with E-state index in [0.717, 1.165) is 10.5 Å². The third kappa shape index (κ3) is 9.27. The standard InChI is InChI=1S/C12H17N3O3.C2HF3O2/c1-15(12(14)17)11(16)10(13)8-18-7-9-5-3-2-4-6-9;3-2(4,5)1(6)7/h2-6,10H,7-8,13H2,1H3,(H2,14,17);(H,6,7). The number of hydrogen-bond acceptors (Lipinski definition) is 5. The van der Waals surface area contributed by atoms with E-state index >= 15 is 0 Å². The molecule has 0 aromatic heterocycles. The first-order valence-electron chi connectivity index (χ1n) is 6.71. The molecule has 1 aromatic carbocycles. The third-order valence-corrected chi connectivity index (χ3v) is 2.63. The number of nitrogens with zero attached hydrogens (tertiary/aromatic N) is 1. The summed E-state index contributed by atoms with van der Waals surface area (Å²) >= 11 is 0. The first kappa shape index (κ1) is 22.3. The van der Waals surface area contributed by atoms with Crippen LogP contribution in [0.15, 0.2) is 30.3 Å². The fourth-order valence-electron chi connectivity index (χ4n) is 1.31. The van der Waals surface area contributed by atoms with E-state index in [-0.39, 0.29) is 6.61 Å². The molecule has 3 amide bonds. The second-order valence-electron chi connectivity index (χ2n) is 4.65. The van der Waals surface area contributed by atoms with Gasteiger partial charge in [-0.15, -0.1) is 0 Å². The maximum Gasteiger partial charge on any atom is 0.490 e. The smallest absolute Gasteiger partial charge is 0.475 e. The van der Waals surface area contributed by atoms with Gasteiger partial charge in [-0.1, -0.05) is 30.3 Å². The summed E-state index contributed by atoms with van der Waals surface area (Å²) in [5.74, 6) is -3.32. The van der Waals surface area contributed by atoms with Gasteiger partial charge in [0, 0.05) is 7.05 Å². The van der Waals surface area contributed by atoms with Crippen LogP contribution >= 0.6 is 0 Å². The Balaban J connectivity index is 0.000000697. The van der Waals surface area contributed by atoms with Crippen molar-refractivity contribution in [3.05, 3.63) is 35.9 Å². The van der Waals surface area contributed by atoms with Crippen molar-refractivity contribution in [3.63, 3.8) is 0 Å². The Morgan fingerprint density at radius 2 is 1.72 bits per heavy atom. The fraction of sp³-hybridized carbons (Fsp3) is 0.357. The normalized spacial score (nSPS) is 11.7. The number of ether oxygens (including phenoxy) is 1. The molecule has 0 fully saturated rings. The number of carbonyl (C=O) groups excluding carboxylic acids is 2. The molecular formula is C14H18F3N3O5. The first-order chi connectivity index (χ1) is 11.5. The van der Waals surface area contributed by atoms with Crippen LogP contribution in [0.3, 0.4) is 0 Å². The molecule has 140 valence electrons. The van der Waals surface area contributed by atoms with Crippen molar-refractivity contribution in [2.24, 2.45) is 11.5 Å². The second-order valence-corrected chi connectivity index (χ2v) is 4.65. The summed E-state index contributed by atoms with van der Waals surface area (Å²) in [6, 6.07) is 7.77. The van der Waals surface area contributed by atoms with Gasteiger partial charge in [0.25, 0.3) is 0 Å². The van der Waals surface area contributed by atoms with Crippen molar-refractivity contribution in [1.82, 2.24) is 4.90 Å². The summed E-state index contributed by atoms with van der Waals surface area (Å²) < 4.78 is 37.0. The molecule has 1 atom stereocenters. The molecule has 1 aromatic rings. The number of alkyl halides is 3. The minimum absolute atomic E-state index is 0.0331. The molecule has 0 aliphatic carbocycles. The number of hydrogen-bond donors (Lipinski definition) is 3. The maximum absolute atomic E-state index is 11.5. The monoisotopic (exact) mass is 365 g/mol. The zero-order valence-electron chi connectivity index (χ0n) is 13.2. The molecule has 0 saturated carbocycles. The quantitative estimate of drug-likeness (QED) is 0.703. The van der Waals surface area contributed by atoms with Crippen LogP contribution in [0, 0.1) is 0 Å². The summed E-state index contributed by atoms with van der Waals surface area (Å²) in [4.78, 5) is 32.0. The van der Waals surface area contributed by atoms with Gasteiger partial charge in [0.1, 0.15) is 6.04 Å². The van der Waals surface area contributed by atoms with Crippen LogP contribution in [0.25, 0.3) is 0 Å². The SMILES string of the molecule is CN(C(N)=O)C(=O)C(N)COCc1ccccc1.O=C(O)C(F)(F)F. The molecule has 0 aliphatic rings. The van der Waals surface area contributed by atoms with Crippen molar-refractivity contribution in [2.75, 3.05) is 13.7 Å². The zero-order valence-corrected chi connectivity index (χ0v) is 13.2. The van der Waals surface area contributed by atoms with Crippen molar-refractivity contribution in [2.45, 2.75) is 18.8 Å². The number of carboxylic acids is 1. The number of benzene rings is 1. The Kier molecular flexibility index (Phi) is 9.16. The number of likely N-dealkylation sites (N-methyl/N-ethyl adjacent to an activating group) is 1. The molecule has 0 radical (unpaired) electrons. The molecule has 1 unspecified atom stereocenters. The van der Waals surface area contributed by atoms with Crippen LogP contribution in [-0.4, -0.2) is 53.8 Å². The van der Waals surface area contributed by atoms with Crippen molar-refractivity contribution >= 4 is 17.9 Å². The fourth-order valence-corrected chi connectivity index (χ4v) is 1.31. The highest BCUT2D eigenvalue weighted by molar-refractivity contribution is 5.96. The number of carboxylic acid groups (broad SMARTS) is 1. The van der Waals surface area contributed by atoms with Gasteiger partial charge in [0.2, 0.25) is 5.91 Å². The van der Waals surface area contributed by atoms with Gasteiger partial charge in [-0.25, -0.2) is 9.59 Å². The summed E-state index contributed by atoms with van der Waals surface area (Å²) in [7, 11) is 1.28. The van der Waals surface area contributed by atoms with Crippen LogP contribution in [0.5, 0.6) is 0 Å². The number of imide groups is 1. The minimum Gasteiger partial charge on any atom is -0.475 e. The summed E-state index contributed by atoms with van der Waals surface area (Å²) in [6.07, 6.45) is -5.08. The molecule has 1 rings (SSSR count). The highest BCUT2D eigenvalue weighted by atomic mass is 19.4. The van der Waals surface area contributed by atoms with Crippen LogP contribution < -0.4 is 11.5 Å². The van der Waals surface area contributed by atoms with Crippen LogP contribution in [0.2, 0.25) is 0 Å². The Bertz CT molecular complexity index is 581. The molecule has 8 nitrogen and oxygen atoms in total. The van der Waals surface area contributed by atoms with Crippen molar-refractivity contribution < 1.29 is 37.4 Å². The van der Waals surface area contributed by atoms with Crippen LogP contribution in [0.4, 0.5) is 18.0 Å². The molecule has 0 saturated heterocycles. The number of aliphatic carboxylic acids is 1. The average Bonchev–Trinajstić information content (AvgIpc) is 2.53. The minimum atomic E-state index is -5.08. The largest absolute Gasteiger partial charge is 0.490 e. The Hall–Kier alpha value is -2.66. The Labute approximate surface area is 141 Å². The number of carbonyl (C=O) groups is 3. The van der Waals surface area contributed by atoms with E-state index in [4.69, 9.17) is 26.1 Å². The predicted octanol–water partition coefficient (Wildman–Crippen LogP) is 0.701. The second kappa shape index (κ2) is 10.3. The maximum atomic E-state index is 11.5. The van der Waals surface area contributed by atoms with Crippen LogP contribution in [0.1, 0.15) is 5.56 Å². The highest BCUT2D eigenvalue weighted by Crippen LogP contribution is 2.13. The topological polar surface area (TPSA) is 136 Å². The Morgan fingerprint density at radius 1 is 1.24 bits per heavy atom. The van der Waals surface area contributed by atoms with Gasteiger partial charge in [-0.3, -0.25) is 9.69 Å². The van der Waals surface area contributed by atoms with Crippen molar-refractivity contribution in [3.8, 4) is 0 Å². The Morgan fingerprint density at radius 3 is 2.12 bits per heavy atom. The van der Waals surface area contributed by atoms with Gasteiger partial charge < -0.3 is 21.3 Å². The number of halogens is 3. The van der Waals surface area contributed by atoms with Gasteiger partial charge in [0.15, 0.2) is 0 Å². The molecule has 5 N–H and O–H groups in total.